The largest absolute Gasteiger partial charge is 0.454 e. The van der Waals surface area contributed by atoms with Crippen molar-refractivity contribution in [2.75, 3.05) is 6.54 Å². The fraction of sp³-hybridized carbons (Fsp3) is 0.316. The molecular weight excluding hydrogens is 412 g/mol. The summed E-state index contributed by atoms with van der Waals surface area (Å²) in [6, 6.07) is 9.16. The van der Waals surface area contributed by atoms with Crippen molar-refractivity contribution >= 4 is 45.2 Å². The van der Waals surface area contributed by atoms with Crippen molar-refractivity contribution in [3.63, 3.8) is 0 Å². The van der Waals surface area contributed by atoms with Crippen molar-refractivity contribution in [3.8, 4) is 10.8 Å². The van der Waals surface area contributed by atoms with Gasteiger partial charge in [0.15, 0.2) is 10.8 Å². The number of urea groups is 1. The van der Waals surface area contributed by atoms with E-state index in [1.54, 1.807) is 6.20 Å². The zero-order valence-electron chi connectivity index (χ0n) is 15.3. The van der Waals surface area contributed by atoms with E-state index in [1.165, 1.54) is 11.3 Å². The van der Waals surface area contributed by atoms with Crippen LogP contribution in [0, 0.1) is 5.92 Å². The third-order valence-electron chi connectivity index (χ3n) is 5.55. The Morgan fingerprint density at radius 1 is 1.34 bits per heavy atom. The second-order valence-electron chi connectivity index (χ2n) is 7.22. The molecule has 1 saturated carbocycles. The van der Waals surface area contributed by atoms with E-state index in [2.05, 4.69) is 20.3 Å². The molecule has 3 heterocycles. The lowest BCUT2D eigenvalue weighted by atomic mass is 9.87. The fourth-order valence-corrected chi connectivity index (χ4v) is 6.08. The van der Waals surface area contributed by atoms with Crippen LogP contribution < -0.4 is 15.4 Å². The number of carbonyl (C=O) groups is 2. The van der Waals surface area contributed by atoms with Crippen LogP contribution in [-0.4, -0.2) is 33.2 Å². The van der Waals surface area contributed by atoms with Gasteiger partial charge in [-0.3, -0.25) is 10.1 Å². The monoisotopic (exact) mass is 430 g/mol. The van der Waals surface area contributed by atoms with Crippen LogP contribution in [0.1, 0.15) is 19.3 Å². The maximum absolute atomic E-state index is 12.7. The molecule has 5 rings (SSSR count). The number of imide groups is 1. The Morgan fingerprint density at radius 3 is 3.00 bits per heavy atom. The summed E-state index contributed by atoms with van der Waals surface area (Å²) in [5.74, 6) is 0.239. The lowest BCUT2D eigenvalue weighted by Gasteiger charge is -2.27. The highest BCUT2D eigenvalue weighted by Gasteiger charge is 2.54. The van der Waals surface area contributed by atoms with Crippen LogP contribution in [0.15, 0.2) is 45.2 Å². The van der Waals surface area contributed by atoms with Crippen molar-refractivity contribution < 1.29 is 18.2 Å². The van der Waals surface area contributed by atoms with Crippen molar-refractivity contribution in [1.82, 2.24) is 20.3 Å². The molecule has 29 heavy (non-hydrogen) atoms. The van der Waals surface area contributed by atoms with Gasteiger partial charge in [0.25, 0.3) is 5.91 Å². The number of rotatable bonds is 5. The maximum atomic E-state index is 12.7. The zero-order chi connectivity index (χ0) is 20.0. The molecule has 2 aromatic heterocycles. The van der Waals surface area contributed by atoms with Crippen LogP contribution in [0.2, 0.25) is 0 Å². The van der Waals surface area contributed by atoms with Crippen molar-refractivity contribution in [3.05, 3.63) is 36.5 Å². The number of carbonyl (C=O) groups excluding carboxylic acids is 2. The molecule has 3 N–H and O–H groups in total. The molecule has 150 valence electrons. The van der Waals surface area contributed by atoms with E-state index < -0.39 is 22.6 Å². The van der Waals surface area contributed by atoms with Gasteiger partial charge in [-0.05, 0) is 25.0 Å². The van der Waals surface area contributed by atoms with E-state index in [1.807, 2.05) is 30.3 Å². The van der Waals surface area contributed by atoms with Crippen LogP contribution in [-0.2, 0) is 15.8 Å². The van der Waals surface area contributed by atoms with Gasteiger partial charge in [0.1, 0.15) is 26.3 Å². The average Bonchev–Trinajstić information content (AvgIpc) is 3.46. The van der Waals surface area contributed by atoms with Gasteiger partial charge >= 0.3 is 6.03 Å². The van der Waals surface area contributed by atoms with E-state index in [4.69, 9.17) is 4.42 Å². The highest BCUT2D eigenvalue weighted by molar-refractivity contribution is 7.85. The summed E-state index contributed by atoms with van der Waals surface area (Å²) in [6.45, 7) is 0.359. The highest BCUT2D eigenvalue weighted by Crippen LogP contribution is 2.38. The van der Waals surface area contributed by atoms with E-state index in [0.717, 1.165) is 23.8 Å². The summed E-state index contributed by atoms with van der Waals surface area (Å²) >= 11 is 1.30. The predicted molar refractivity (Wildman–Crippen MR) is 108 cm³/mol. The van der Waals surface area contributed by atoms with Crippen LogP contribution in [0.3, 0.4) is 0 Å². The molecular formula is C19H18N4O4S2. The molecule has 8 nitrogen and oxygen atoms in total. The van der Waals surface area contributed by atoms with Gasteiger partial charge in [0.2, 0.25) is 0 Å². The van der Waals surface area contributed by atoms with Gasteiger partial charge in [-0.25, -0.2) is 18.7 Å². The molecule has 0 bridgehead atoms. The molecule has 3 atom stereocenters. The molecule has 1 aromatic carbocycles. The number of fused-ring (bicyclic) bond motifs is 1. The number of furan rings is 1. The standard InChI is InChI=1S/C19H18N4O4S2/c24-17-19(23-18(25)22-17)7-3-5-12(19)9-21-29(26)15-10-20-16(28-15)14-8-11-4-1-2-6-13(11)27-14/h1-2,4,6,8,10,12,21H,3,5,7,9H2,(H2,22,23,24,25). The van der Waals surface area contributed by atoms with Crippen LogP contribution in [0.4, 0.5) is 4.79 Å². The lowest BCUT2D eigenvalue weighted by molar-refractivity contribution is -0.125. The Labute approximate surface area is 172 Å². The first-order valence-corrected chi connectivity index (χ1v) is 11.3. The SMILES string of the molecule is O=C1NC(=O)C2(CCCC2CNS(=O)c2cnc(-c3cc4ccccc4o3)s2)N1. The van der Waals surface area contributed by atoms with Crippen molar-refractivity contribution in [2.24, 2.45) is 5.92 Å². The summed E-state index contributed by atoms with van der Waals surface area (Å²) in [6.07, 6.45) is 3.79. The summed E-state index contributed by atoms with van der Waals surface area (Å²) in [5, 5.41) is 6.74. The highest BCUT2D eigenvalue weighted by atomic mass is 32.2. The number of nitrogens with zero attached hydrogens (tertiary/aromatic N) is 1. The average molecular weight is 431 g/mol. The van der Waals surface area contributed by atoms with Gasteiger partial charge in [-0.1, -0.05) is 24.6 Å². The summed E-state index contributed by atoms with van der Waals surface area (Å²) in [4.78, 5) is 28.2. The predicted octanol–water partition coefficient (Wildman–Crippen LogP) is 2.55. The third-order valence-corrected chi connectivity index (χ3v) is 7.96. The lowest BCUT2D eigenvalue weighted by Crippen LogP contribution is -2.52. The Morgan fingerprint density at radius 2 is 2.21 bits per heavy atom. The maximum Gasteiger partial charge on any atom is 0.322 e. The molecule has 3 aromatic rings. The molecule has 0 radical (unpaired) electrons. The first kappa shape index (κ1) is 18.5. The minimum Gasteiger partial charge on any atom is -0.454 e. The van der Waals surface area contributed by atoms with E-state index >= 15 is 0 Å². The van der Waals surface area contributed by atoms with E-state index in [-0.39, 0.29) is 11.8 Å². The molecule has 3 amide bonds. The molecule has 1 aliphatic carbocycles. The first-order valence-electron chi connectivity index (χ1n) is 9.29. The number of hydrogen-bond acceptors (Lipinski definition) is 6. The van der Waals surface area contributed by atoms with Gasteiger partial charge < -0.3 is 9.73 Å². The number of aromatic nitrogens is 1. The molecule has 2 fully saturated rings. The number of hydrogen-bond donors (Lipinski definition) is 3. The molecule has 1 aliphatic heterocycles. The summed E-state index contributed by atoms with van der Waals surface area (Å²) in [5.41, 5.74) is -0.108. The number of thiazole rings is 1. The van der Waals surface area contributed by atoms with E-state index in [9.17, 15) is 13.8 Å². The number of benzene rings is 1. The first-order chi connectivity index (χ1) is 14.0. The Hall–Kier alpha value is -2.56. The number of nitrogens with one attached hydrogen (secondary N) is 3. The normalized spacial score (nSPS) is 24.9. The Kier molecular flexibility index (Phi) is 4.49. The summed E-state index contributed by atoms with van der Waals surface area (Å²) in [7, 11) is -1.47. The quantitative estimate of drug-likeness (QED) is 0.539. The Balaban J connectivity index is 1.28. The zero-order valence-corrected chi connectivity index (χ0v) is 16.9. The smallest absolute Gasteiger partial charge is 0.322 e. The number of amides is 3. The molecule has 2 aliphatic rings. The van der Waals surface area contributed by atoms with E-state index in [0.29, 0.717) is 27.9 Å². The van der Waals surface area contributed by atoms with Crippen molar-refractivity contribution in [2.45, 2.75) is 29.0 Å². The fourth-order valence-electron chi connectivity index (χ4n) is 4.12. The van der Waals surface area contributed by atoms with Crippen molar-refractivity contribution in [1.29, 1.82) is 0 Å². The third kappa shape index (κ3) is 3.17. The Bertz CT molecular complexity index is 1110. The number of para-hydroxylation sites is 1. The van der Waals surface area contributed by atoms with Crippen LogP contribution in [0.25, 0.3) is 21.7 Å². The minimum absolute atomic E-state index is 0.110. The van der Waals surface area contributed by atoms with Gasteiger partial charge in [0.05, 0.1) is 6.20 Å². The molecule has 1 spiro atoms. The summed E-state index contributed by atoms with van der Waals surface area (Å²) < 4.78 is 22.1. The van der Waals surface area contributed by atoms with Crippen LogP contribution in [0.5, 0.6) is 0 Å². The van der Waals surface area contributed by atoms with Crippen LogP contribution >= 0.6 is 11.3 Å². The topological polar surface area (TPSA) is 113 Å². The van der Waals surface area contributed by atoms with Gasteiger partial charge in [-0.2, -0.15) is 0 Å². The minimum atomic E-state index is -1.47. The van der Waals surface area contributed by atoms with Gasteiger partial charge in [-0.15, -0.1) is 11.3 Å². The van der Waals surface area contributed by atoms with Gasteiger partial charge in [0, 0.05) is 17.8 Å². The second kappa shape index (κ2) is 7.05. The molecule has 1 saturated heterocycles. The molecule has 10 heteroatoms. The molecule has 3 unspecified atom stereocenters. The second-order valence-corrected chi connectivity index (χ2v) is 9.77.